The number of piperazine rings is 1. The van der Waals surface area contributed by atoms with Crippen molar-refractivity contribution in [1.82, 2.24) is 4.31 Å². The summed E-state index contributed by atoms with van der Waals surface area (Å²) < 4.78 is 24.3. The molecule has 1 fully saturated rings. The molecule has 1 aliphatic heterocycles. The summed E-state index contributed by atoms with van der Waals surface area (Å²) in [6.07, 6.45) is 1.18. The van der Waals surface area contributed by atoms with Crippen LogP contribution in [0.3, 0.4) is 0 Å². The van der Waals surface area contributed by atoms with E-state index in [0.717, 1.165) is 0 Å². The zero-order valence-corrected chi connectivity index (χ0v) is 11.8. The van der Waals surface area contributed by atoms with Crippen molar-refractivity contribution in [3.05, 3.63) is 28.3 Å². The van der Waals surface area contributed by atoms with Gasteiger partial charge in [0.2, 0.25) is 10.0 Å². The van der Waals surface area contributed by atoms with E-state index in [1.807, 2.05) is 4.90 Å². The maximum atomic E-state index is 11.4. The van der Waals surface area contributed by atoms with Crippen LogP contribution in [0.5, 0.6) is 0 Å². The summed E-state index contributed by atoms with van der Waals surface area (Å²) in [6, 6.07) is 4.32. The lowest BCUT2D eigenvalue weighted by atomic mass is 10.2. The second kappa shape index (κ2) is 5.25. The van der Waals surface area contributed by atoms with Crippen LogP contribution in [0, 0.1) is 10.1 Å². The van der Waals surface area contributed by atoms with Crippen LogP contribution in [-0.2, 0) is 10.0 Å². The zero-order chi connectivity index (χ0) is 14.9. The first-order valence-corrected chi connectivity index (χ1v) is 7.88. The Labute approximate surface area is 117 Å². The Bertz CT molecular complexity index is 623. The van der Waals surface area contributed by atoms with Gasteiger partial charge in [-0.05, 0) is 6.07 Å². The summed E-state index contributed by atoms with van der Waals surface area (Å²) in [4.78, 5) is 12.1. The lowest BCUT2D eigenvalue weighted by Crippen LogP contribution is -2.48. The average Bonchev–Trinajstić information content (AvgIpc) is 2.37. The van der Waals surface area contributed by atoms with Crippen molar-refractivity contribution in [3.8, 4) is 0 Å². The van der Waals surface area contributed by atoms with Crippen LogP contribution in [0.15, 0.2) is 18.2 Å². The van der Waals surface area contributed by atoms with Crippen molar-refractivity contribution in [1.29, 1.82) is 0 Å². The van der Waals surface area contributed by atoms with Crippen LogP contribution in [0.2, 0.25) is 0 Å². The van der Waals surface area contributed by atoms with Gasteiger partial charge >= 0.3 is 0 Å². The second-order valence-electron chi connectivity index (χ2n) is 4.65. The van der Waals surface area contributed by atoms with Gasteiger partial charge in [0, 0.05) is 38.3 Å². The molecule has 0 unspecified atom stereocenters. The topological polar surface area (TPSA) is 110 Å². The third-order valence-electron chi connectivity index (χ3n) is 3.27. The van der Waals surface area contributed by atoms with E-state index in [2.05, 4.69) is 0 Å². The first-order chi connectivity index (χ1) is 9.29. The van der Waals surface area contributed by atoms with E-state index in [-0.39, 0.29) is 5.69 Å². The van der Waals surface area contributed by atoms with E-state index in [9.17, 15) is 18.5 Å². The number of hydrogen-bond donors (Lipinski definition) is 1. The molecule has 0 radical (unpaired) electrons. The van der Waals surface area contributed by atoms with Crippen LogP contribution in [0.25, 0.3) is 0 Å². The van der Waals surface area contributed by atoms with E-state index < -0.39 is 14.9 Å². The van der Waals surface area contributed by atoms with Gasteiger partial charge in [0.25, 0.3) is 5.69 Å². The van der Waals surface area contributed by atoms with Gasteiger partial charge in [-0.1, -0.05) is 0 Å². The first-order valence-electron chi connectivity index (χ1n) is 6.03. The number of hydrogen-bond acceptors (Lipinski definition) is 6. The molecule has 0 aliphatic carbocycles. The maximum Gasteiger partial charge on any atom is 0.271 e. The Kier molecular flexibility index (Phi) is 3.82. The van der Waals surface area contributed by atoms with E-state index >= 15 is 0 Å². The van der Waals surface area contributed by atoms with Gasteiger partial charge in [0.15, 0.2) is 0 Å². The van der Waals surface area contributed by atoms with E-state index in [0.29, 0.717) is 37.6 Å². The lowest BCUT2D eigenvalue weighted by molar-refractivity contribution is -0.384. The highest BCUT2D eigenvalue weighted by molar-refractivity contribution is 7.88. The number of benzene rings is 1. The largest absolute Gasteiger partial charge is 0.397 e. The number of non-ortho nitro benzene ring substituents is 1. The molecule has 2 rings (SSSR count). The average molecular weight is 300 g/mol. The summed E-state index contributed by atoms with van der Waals surface area (Å²) in [5.41, 5.74) is 6.80. The number of nitrogens with two attached hydrogens (primary N) is 1. The van der Waals surface area contributed by atoms with Gasteiger partial charge < -0.3 is 10.6 Å². The minimum absolute atomic E-state index is 0.0546. The monoisotopic (exact) mass is 300 g/mol. The Morgan fingerprint density at radius 2 is 1.85 bits per heavy atom. The molecular weight excluding hydrogens is 284 g/mol. The fraction of sp³-hybridized carbons (Fsp3) is 0.455. The minimum Gasteiger partial charge on any atom is -0.397 e. The third kappa shape index (κ3) is 2.99. The Morgan fingerprint density at radius 3 is 2.30 bits per heavy atom. The molecule has 1 aliphatic rings. The molecule has 2 N–H and O–H groups in total. The fourth-order valence-electron chi connectivity index (χ4n) is 2.20. The quantitative estimate of drug-likeness (QED) is 0.487. The third-order valence-corrected chi connectivity index (χ3v) is 4.57. The molecule has 0 bridgehead atoms. The van der Waals surface area contributed by atoms with E-state index in [1.54, 1.807) is 6.07 Å². The predicted octanol–water partition coefficient (Wildman–Crippen LogP) is 0.259. The molecule has 0 atom stereocenters. The van der Waals surface area contributed by atoms with Gasteiger partial charge in [-0.25, -0.2) is 8.42 Å². The normalized spacial score (nSPS) is 17.1. The number of nitro groups is 1. The Hall–Kier alpha value is -1.87. The van der Waals surface area contributed by atoms with Gasteiger partial charge in [0.05, 0.1) is 22.6 Å². The van der Waals surface area contributed by atoms with Gasteiger partial charge in [-0.15, -0.1) is 0 Å². The molecular formula is C11H16N4O4S. The summed E-state index contributed by atoms with van der Waals surface area (Å²) in [5.74, 6) is 0. The van der Waals surface area contributed by atoms with Gasteiger partial charge in [-0.2, -0.15) is 4.31 Å². The SMILES string of the molecule is CS(=O)(=O)N1CCN(c2ccc([N+](=O)[O-])cc2N)CC1. The fourth-order valence-corrected chi connectivity index (χ4v) is 3.03. The molecule has 1 heterocycles. The van der Waals surface area contributed by atoms with Crippen molar-refractivity contribution in [2.75, 3.05) is 43.1 Å². The molecule has 20 heavy (non-hydrogen) atoms. The number of nitro benzene ring substituents is 1. The molecule has 8 nitrogen and oxygen atoms in total. The van der Waals surface area contributed by atoms with Crippen molar-refractivity contribution in [2.45, 2.75) is 0 Å². The highest BCUT2D eigenvalue weighted by Gasteiger charge is 2.24. The summed E-state index contributed by atoms with van der Waals surface area (Å²) in [5, 5.41) is 10.7. The summed E-state index contributed by atoms with van der Waals surface area (Å²) in [6.45, 7) is 1.79. The number of anilines is 2. The van der Waals surface area contributed by atoms with E-state index in [4.69, 9.17) is 5.73 Å². The molecule has 9 heteroatoms. The maximum absolute atomic E-state index is 11.4. The van der Waals surface area contributed by atoms with Gasteiger partial charge in [0.1, 0.15) is 0 Å². The molecule has 0 aromatic heterocycles. The van der Waals surface area contributed by atoms with E-state index in [1.165, 1.54) is 22.7 Å². The van der Waals surface area contributed by atoms with Crippen molar-refractivity contribution >= 4 is 27.1 Å². The molecule has 110 valence electrons. The Morgan fingerprint density at radius 1 is 1.25 bits per heavy atom. The standard InChI is InChI=1S/C11H16N4O4S/c1-20(18,19)14-6-4-13(5-7-14)11-3-2-9(15(16)17)8-10(11)12/h2-3,8H,4-7,12H2,1H3. The number of rotatable bonds is 3. The van der Waals surface area contributed by atoms with Crippen LogP contribution < -0.4 is 10.6 Å². The molecule has 1 aromatic rings. The lowest BCUT2D eigenvalue weighted by Gasteiger charge is -2.35. The van der Waals surface area contributed by atoms with Crippen LogP contribution in [0.4, 0.5) is 17.1 Å². The summed E-state index contributed by atoms with van der Waals surface area (Å²) in [7, 11) is -3.17. The minimum atomic E-state index is -3.17. The summed E-state index contributed by atoms with van der Waals surface area (Å²) >= 11 is 0. The molecule has 0 amide bonds. The van der Waals surface area contributed by atoms with Crippen LogP contribution in [-0.4, -0.2) is 50.1 Å². The van der Waals surface area contributed by atoms with Crippen molar-refractivity contribution in [2.24, 2.45) is 0 Å². The molecule has 0 saturated carbocycles. The van der Waals surface area contributed by atoms with Crippen LogP contribution >= 0.6 is 0 Å². The number of nitrogens with zero attached hydrogens (tertiary/aromatic N) is 3. The number of nitrogen functional groups attached to an aromatic ring is 1. The predicted molar refractivity (Wildman–Crippen MR) is 76.1 cm³/mol. The van der Waals surface area contributed by atoms with Crippen molar-refractivity contribution in [3.63, 3.8) is 0 Å². The van der Waals surface area contributed by atoms with Gasteiger partial charge in [-0.3, -0.25) is 10.1 Å². The first kappa shape index (κ1) is 14.5. The highest BCUT2D eigenvalue weighted by atomic mass is 32.2. The zero-order valence-electron chi connectivity index (χ0n) is 11.0. The molecule has 0 spiro atoms. The van der Waals surface area contributed by atoms with Crippen molar-refractivity contribution < 1.29 is 13.3 Å². The second-order valence-corrected chi connectivity index (χ2v) is 6.63. The molecule has 1 aromatic carbocycles. The number of sulfonamides is 1. The molecule has 1 saturated heterocycles. The highest BCUT2D eigenvalue weighted by Crippen LogP contribution is 2.28. The Balaban J connectivity index is 2.13. The smallest absolute Gasteiger partial charge is 0.271 e. The van der Waals surface area contributed by atoms with Crippen LogP contribution in [0.1, 0.15) is 0 Å².